The third kappa shape index (κ3) is 2.04. The second-order valence-electron chi connectivity index (χ2n) is 5.32. The van der Waals surface area contributed by atoms with Crippen molar-refractivity contribution in [1.29, 1.82) is 0 Å². The van der Waals surface area contributed by atoms with E-state index in [9.17, 15) is 0 Å². The smallest absolute Gasteiger partial charge is 0.231 e. The van der Waals surface area contributed by atoms with Crippen molar-refractivity contribution in [2.45, 2.75) is 18.9 Å². The number of hydrogen-bond donors (Lipinski definition) is 1. The summed E-state index contributed by atoms with van der Waals surface area (Å²) in [5, 5.41) is 3.41. The Balaban J connectivity index is 1.58. The van der Waals surface area contributed by atoms with E-state index in [1.165, 1.54) is 17.7 Å². The first kappa shape index (κ1) is 11.8. The van der Waals surface area contributed by atoms with Crippen molar-refractivity contribution >= 4 is 0 Å². The topological polar surface area (TPSA) is 48.3 Å². The molecule has 4 rings (SSSR count). The number of hydrogen-bond acceptors (Lipinski definition) is 4. The van der Waals surface area contributed by atoms with E-state index in [4.69, 9.17) is 9.47 Å². The molecule has 3 heterocycles. The molecule has 1 aromatic carbocycles. The molecular weight excluding hydrogens is 254 g/mol. The van der Waals surface area contributed by atoms with Crippen molar-refractivity contribution in [3.63, 3.8) is 0 Å². The van der Waals surface area contributed by atoms with Crippen LogP contribution in [0.25, 0.3) is 0 Å². The fraction of sp³-hybridized carbons (Fsp3) is 0.400. The highest BCUT2D eigenvalue weighted by atomic mass is 16.7. The molecule has 1 fully saturated rings. The lowest BCUT2D eigenvalue weighted by Crippen LogP contribution is -2.12. The Labute approximate surface area is 117 Å². The van der Waals surface area contributed by atoms with Crippen LogP contribution < -0.4 is 14.8 Å². The third-order valence-electron chi connectivity index (χ3n) is 4.01. The number of fused-ring (bicyclic) bond motifs is 1. The van der Waals surface area contributed by atoms with Crippen LogP contribution in [0.1, 0.15) is 23.6 Å². The normalized spacial score (nSPS) is 20.5. The summed E-state index contributed by atoms with van der Waals surface area (Å²) in [6.45, 7) is 3.29. The van der Waals surface area contributed by atoms with Gasteiger partial charge in [0.15, 0.2) is 11.5 Å². The van der Waals surface area contributed by atoms with Gasteiger partial charge >= 0.3 is 0 Å². The molecule has 5 nitrogen and oxygen atoms in total. The van der Waals surface area contributed by atoms with E-state index in [-0.39, 0.29) is 0 Å². The van der Waals surface area contributed by atoms with E-state index >= 15 is 0 Å². The maximum absolute atomic E-state index is 5.43. The van der Waals surface area contributed by atoms with E-state index in [1.807, 2.05) is 18.6 Å². The highest BCUT2D eigenvalue weighted by molar-refractivity contribution is 5.44. The van der Waals surface area contributed by atoms with Gasteiger partial charge in [0.1, 0.15) is 0 Å². The fourth-order valence-electron chi connectivity index (χ4n) is 2.95. The Bertz CT molecular complexity index is 617. The zero-order chi connectivity index (χ0) is 13.4. The molecule has 0 saturated carbocycles. The molecule has 0 amide bonds. The molecule has 20 heavy (non-hydrogen) atoms. The first-order valence-corrected chi connectivity index (χ1v) is 6.99. The molecular formula is C15H17N3O2. The van der Waals surface area contributed by atoms with Crippen LogP contribution in [-0.2, 0) is 6.54 Å². The predicted molar refractivity (Wildman–Crippen MR) is 74.1 cm³/mol. The lowest BCUT2D eigenvalue weighted by atomic mass is 10.1. The van der Waals surface area contributed by atoms with E-state index in [2.05, 4.69) is 27.0 Å². The zero-order valence-electron chi connectivity index (χ0n) is 11.2. The van der Waals surface area contributed by atoms with Gasteiger partial charge in [-0.1, -0.05) is 6.07 Å². The third-order valence-corrected chi connectivity index (χ3v) is 4.01. The first-order chi connectivity index (χ1) is 9.90. The second kappa shape index (κ2) is 4.83. The summed E-state index contributed by atoms with van der Waals surface area (Å²) >= 11 is 0. The molecule has 0 spiro atoms. The first-order valence-electron chi connectivity index (χ1n) is 6.99. The quantitative estimate of drug-likeness (QED) is 0.923. The van der Waals surface area contributed by atoms with Crippen molar-refractivity contribution in [3.8, 4) is 11.5 Å². The largest absolute Gasteiger partial charge is 0.454 e. The van der Waals surface area contributed by atoms with Crippen LogP contribution in [0, 0.1) is 0 Å². The van der Waals surface area contributed by atoms with Crippen LogP contribution >= 0.6 is 0 Å². The van der Waals surface area contributed by atoms with Gasteiger partial charge in [0.2, 0.25) is 6.79 Å². The van der Waals surface area contributed by atoms with Gasteiger partial charge in [-0.15, -0.1) is 0 Å². The summed E-state index contributed by atoms with van der Waals surface area (Å²) in [5.74, 6) is 2.25. The molecule has 2 aromatic rings. The van der Waals surface area contributed by atoms with E-state index in [0.29, 0.717) is 12.7 Å². The van der Waals surface area contributed by atoms with E-state index in [0.717, 1.165) is 31.1 Å². The molecule has 104 valence electrons. The van der Waals surface area contributed by atoms with Gasteiger partial charge in [0.25, 0.3) is 0 Å². The number of benzene rings is 1. The van der Waals surface area contributed by atoms with Crippen molar-refractivity contribution in [1.82, 2.24) is 14.9 Å². The highest BCUT2D eigenvalue weighted by Crippen LogP contribution is 2.33. The summed E-state index contributed by atoms with van der Waals surface area (Å²) < 4.78 is 13.0. The van der Waals surface area contributed by atoms with Crippen LogP contribution in [0.5, 0.6) is 11.5 Å². The highest BCUT2D eigenvalue weighted by Gasteiger charge is 2.20. The van der Waals surface area contributed by atoms with Crippen molar-refractivity contribution in [2.75, 3.05) is 19.9 Å². The molecule has 1 atom stereocenters. The molecule has 0 radical (unpaired) electrons. The summed E-state index contributed by atoms with van der Waals surface area (Å²) in [4.78, 5) is 4.31. The SMILES string of the molecule is c1cc2c(cc1Cn1cncc1C1CCNC1)OCO2. The minimum Gasteiger partial charge on any atom is -0.454 e. The monoisotopic (exact) mass is 271 g/mol. The lowest BCUT2D eigenvalue weighted by Gasteiger charge is -2.13. The van der Waals surface area contributed by atoms with Gasteiger partial charge in [0.05, 0.1) is 6.33 Å². The molecule has 1 N–H and O–H groups in total. The second-order valence-corrected chi connectivity index (χ2v) is 5.32. The Morgan fingerprint density at radius 1 is 1.30 bits per heavy atom. The molecule has 1 saturated heterocycles. The van der Waals surface area contributed by atoms with Crippen LogP contribution in [-0.4, -0.2) is 29.4 Å². The van der Waals surface area contributed by atoms with Gasteiger partial charge in [-0.3, -0.25) is 0 Å². The number of imidazole rings is 1. The number of rotatable bonds is 3. The number of ether oxygens (including phenoxy) is 2. The van der Waals surface area contributed by atoms with Gasteiger partial charge in [-0.2, -0.15) is 0 Å². The van der Waals surface area contributed by atoms with Gasteiger partial charge < -0.3 is 19.4 Å². The fourth-order valence-corrected chi connectivity index (χ4v) is 2.95. The molecule has 1 aromatic heterocycles. The standard InChI is InChI=1S/C15H17N3O2/c1-2-14-15(20-10-19-14)5-11(1)8-18-9-17-7-13(18)12-3-4-16-6-12/h1-2,5,7,9,12,16H,3-4,6,8,10H2. The van der Waals surface area contributed by atoms with Crippen molar-refractivity contribution in [3.05, 3.63) is 42.0 Å². The maximum atomic E-state index is 5.43. The summed E-state index contributed by atoms with van der Waals surface area (Å²) in [7, 11) is 0. The molecule has 0 bridgehead atoms. The van der Waals surface area contributed by atoms with E-state index in [1.54, 1.807) is 0 Å². The molecule has 5 heteroatoms. The molecule has 1 unspecified atom stereocenters. The number of aromatic nitrogens is 2. The maximum Gasteiger partial charge on any atom is 0.231 e. The Hall–Kier alpha value is -2.01. The average molecular weight is 271 g/mol. The molecule has 2 aliphatic heterocycles. The van der Waals surface area contributed by atoms with Gasteiger partial charge in [-0.05, 0) is 30.7 Å². The lowest BCUT2D eigenvalue weighted by molar-refractivity contribution is 0.174. The minimum atomic E-state index is 0.322. The Kier molecular flexibility index (Phi) is 2.85. The van der Waals surface area contributed by atoms with E-state index < -0.39 is 0 Å². The summed E-state index contributed by atoms with van der Waals surface area (Å²) in [5.41, 5.74) is 2.52. The minimum absolute atomic E-state index is 0.322. The summed E-state index contributed by atoms with van der Waals surface area (Å²) in [6, 6.07) is 6.12. The predicted octanol–water partition coefficient (Wildman–Crippen LogP) is 1.74. The molecule has 2 aliphatic rings. The van der Waals surface area contributed by atoms with Crippen LogP contribution in [0.4, 0.5) is 0 Å². The number of nitrogens with zero attached hydrogens (tertiary/aromatic N) is 2. The average Bonchev–Trinajstić information content (AvgIpc) is 3.19. The van der Waals surface area contributed by atoms with Gasteiger partial charge in [0, 0.05) is 30.9 Å². The number of nitrogens with one attached hydrogen (secondary N) is 1. The van der Waals surface area contributed by atoms with Crippen LogP contribution in [0.2, 0.25) is 0 Å². The zero-order valence-corrected chi connectivity index (χ0v) is 11.2. The van der Waals surface area contributed by atoms with Crippen molar-refractivity contribution < 1.29 is 9.47 Å². The Morgan fingerprint density at radius 2 is 2.25 bits per heavy atom. The van der Waals surface area contributed by atoms with Crippen LogP contribution in [0.15, 0.2) is 30.7 Å². The molecule has 0 aliphatic carbocycles. The summed E-state index contributed by atoms with van der Waals surface area (Å²) in [6.07, 6.45) is 5.09. The van der Waals surface area contributed by atoms with Gasteiger partial charge in [-0.25, -0.2) is 4.98 Å². The van der Waals surface area contributed by atoms with Crippen molar-refractivity contribution in [2.24, 2.45) is 0 Å². The Morgan fingerprint density at radius 3 is 3.15 bits per heavy atom. The van der Waals surface area contributed by atoms with Crippen LogP contribution in [0.3, 0.4) is 0 Å².